The summed E-state index contributed by atoms with van der Waals surface area (Å²) in [4.78, 5) is 24.7. The summed E-state index contributed by atoms with van der Waals surface area (Å²) in [6, 6.07) is 15.6. The summed E-state index contributed by atoms with van der Waals surface area (Å²) in [6.07, 6.45) is 0. The Balaban J connectivity index is 1.66. The van der Waals surface area contributed by atoms with Crippen molar-refractivity contribution in [1.82, 2.24) is 20.2 Å². The fourth-order valence-corrected chi connectivity index (χ4v) is 2.28. The van der Waals surface area contributed by atoms with Crippen LogP contribution < -0.4 is 10.6 Å². The van der Waals surface area contributed by atoms with E-state index in [-0.39, 0.29) is 11.8 Å². The van der Waals surface area contributed by atoms with Crippen LogP contribution in [0.25, 0.3) is 11.4 Å². The first kappa shape index (κ1) is 17.3. The molecular weight excluding hydrogens is 332 g/mol. The average molecular weight is 350 g/mol. The van der Waals surface area contributed by atoms with Crippen LogP contribution in [0.2, 0.25) is 0 Å². The molecular formula is C18H18N6O2. The van der Waals surface area contributed by atoms with E-state index in [2.05, 4.69) is 26.0 Å². The van der Waals surface area contributed by atoms with Crippen molar-refractivity contribution in [2.24, 2.45) is 0 Å². The summed E-state index contributed by atoms with van der Waals surface area (Å²) >= 11 is 0. The fraction of sp³-hybridized carbons (Fsp3) is 0.167. The smallest absolute Gasteiger partial charge is 0.250 e. The van der Waals surface area contributed by atoms with Crippen LogP contribution in [-0.2, 0) is 9.59 Å². The predicted octanol–water partition coefficient (Wildman–Crippen LogP) is 2.50. The lowest BCUT2D eigenvalue weighted by atomic mass is 10.2. The summed E-state index contributed by atoms with van der Waals surface area (Å²) in [5.74, 6) is 0.0427. The van der Waals surface area contributed by atoms with Gasteiger partial charge in [-0.2, -0.15) is 4.80 Å². The molecule has 3 aromatic rings. The van der Waals surface area contributed by atoms with Gasteiger partial charge in [0.05, 0.1) is 0 Å². The Morgan fingerprint density at radius 2 is 1.58 bits per heavy atom. The van der Waals surface area contributed by atoms with E-state index >= 15 is 0 Å². The monoisotopic (exact) mass is 350 g/mol. The molecule has 2 aromatic carbocycles. The van der Waals surface area contributed by atoms with Gasteiger partial charge < -0.3 is 10.6 Å². The number of carbonyl (C=O) groups excluding carboxylic acids is 2. The van der Waals surface area contributed by atoms with Crippen LogP contribution in [0.1, 0.15) is 19.9 Å². The zero-order valence-corrected chi connectivity index (χ0v) is 14.4. The van der Waals surface area contributed by atoms with E-state index in [0.717, 1.165) is 5.56 Å². The second kappa shape index (κ2) is 7.56. The molecule has 0 radical (unpaired) electrons. The number of rotatable bonds is 5. The van der Waals surface area contributed by atoms with E-state index in [0.29, 0.717) is 17.2 Å². The predicted molar refractivity (Wildman–Crippen MR) is 97.3 cm³/mol. The topological polar surface area (TPSA) is 102 Å². The molecule has 2 amide bonds. The number of benzene rings is 2. The molecule has 0 saturated heterocycles. The van der Waals surface area contributed by atoms with Crippen molar-refractivity contribution >= 4 is 23.2 Å². The molecule has 0 aliphatic carbocycles. The number of carbonyl (C=O) groups is 2. The molecule has 1 aromatic heterocycles. The van der Waals surface area contributed by atoms with Gasteiger partial charge in [-0.05, 0) is 36.4 Å². The SMILES string of the molecule is CC(=O)Nc1ccc(NC(=O)C(C)n2nnc(-c3ccccc3)n2)cc1. The summed E-state index contributed by atoms with van der Waals surface area (Å²) in [7, 11) is 0. The summed E-state index contributed by atoms with van der Waals surface area (Å²) in [5, 5.41) is 17.7. The Labute approximate surface area is 150 Å². The lowest BCUT2D eigenvalue weighted by molar-refractivity contribution is -0.119. The number of amides is 2. The lowest BCUT2D eigenvalue weighted by Gasteiger charge is -2.11. The molecule has 0 spiro atoms. The molecule has 3 rings (SSSR count). The van der Waals surface area contributed by atoms with Gasteiger partial charge >= 0.3 is 0 Å². The van der Waals surface area contributed by atoms with Crippen molar-refractivity contribution in [2.45, 2.75) is 19.9 Å². The van der Waals surface area contributed by atoms with Crippen LogP contribution in [-0.4, -0.2) is 32.0 Å². The summed E-state index contributed by atoms with van der Waals surface area (Å²) < 4.78 is 0. The van der Waals surface area contributed by atoms with Gasteiger partial charge in [-0.3, -0.25) is 9.59 Å². The normalized spacial score (nSPS) is 11.6. The van der Waals surface area contributed by atoms with Gasteiger partial charge in [-0.15, -0.1) is 10.2 Å². The Kier molecular flexibility index (Phi) is 5.02. The van der Waals surface area contributed by atoms with Crippen molar-refractivity contribution < 1.29 is 9.59 Å². The third-order valence-electron chi connectivity index (χ3n) is 3.66. The molecule has 1 heterocycles. The number of aromatic nitrogens is 4. The van der Waals surface area contributed by atoms with Crippen LogP contribution in [0.5, 0.6) is 0 Å². The standard InChI is InChI=1S/C18H18N6O2/c1-12(24-22-17(21-23-24)14-6-4-3-5-7-14)18(26)20-16-10-8-15(9-11-16)19-13(2)25/h3-12H,1-2H3,(H,19,25)(H,20,26). The quantitative estimate of drug-likeness (QED) is 0.736. The second-order valence-corrected chi connectivity index (χ2v) is 5.72. The molecule has 8 heteroatoms. The van der Waals surface area contributed by atoms with Crippen LogP contribution in [0.3, 0.4) is 0 Å². The highest BCUT2D eigenvalue weighted by Gasteiger charge is 2.19. The third kappa shape index (κ3) is 4.10. The second-order valence-electron chi connectivity index (χ2n) is 5.72. The van der Waals surface area contributed by atoms with Gasteiger partial charge in [0.15, 0.2) is 0 Å². The zero-order chi connectivity index (χ0) is 18.5. The highest BCUT2D eigenvalue weighted by atomic mass is 16.2. The number of nitrogens with one attached hydrogen (secondary N) is 2. The number of nitrogens with zero attached hydrogens (tertiary/aromatic N) is 4. The first-order valence-corrected chi connectivity index (χ1v) is 8.06. The molecule has 132 valence electrons. The molecule has 0 fully saturated rings. The molecule has 1 atom stereocenters. The van der Waals surface area contributed by atoms with E-state index in [1.165, 1.54) is 11.7 Å². The average Bonchev–Trinajstić information content (AvgIpc) is 3.13. The van der Waals surface area contributed by atoms with Crippen molar-refractivity contribution in [3.05, 3.63) is 54.6 Å². The number of hydrogen-bond acceptors (Lipinski definition) is 5. The molecule has 0 saturated carbocycles. The van der Waals surface area contributed by atoms with Gasteiger partial charge in [0, 0.05) is 23.9 Å². The van der Waals surface area contributed by atoms with Crippen molar-refractivity contribution in [1.29, 1.82) is 0 Å². The van der Waals surface area contributed by atoms with E-state index < -0.39 is 6.04 Å². The van der Waals surface area contributed by atoms with Gasteiger partial charge in [0.2, 0.25) is 11.7 Å². The Hall–Kier alpha value is -3.55. The highest BCUT2D eigenvalue weighted by Crippen LogP contribution is 2.16. The maximum Gasteiger partial charge on any atom is 0.250 e. The molecule has 0 aliphatic heterocycles. The maximum atomic E-state index is 12.4. The van der Waals surface area contributed by atoms with Crippen LogP contribution in [0.4, 0.5) is 11.4 Å². The molecule has 0 aliphatic rings. The minimum absolute atomic E-state index is 0.151. The number of anilines is 2. The molecule has 1 unspecified atom stereocenters. The highest BCUT2D eigenvalue weighted by molar-refractivity contribution is 5.94. The van der Waals surface area contributed by atoms with Crippen molar-refractivity contribution in [2.75, 3.05) is 10.6 Å². The minimum Gasteiger partial charge on any atom is -0.326 e. The first-order chi connectivity index (χ1) is 12.5. The molecule has 2 N–H and O–H groups in total. The van der Waals surface area contributed by atoms with Gasteiger partial charge in [-0.1, -0.05) is 30.3 Å². The molecule has 8 nitrogen and oxygen atoms in total. The Bertz CT molecular complexity index is 905. The molecule has 26 heavy (non-hydrogen) atoms. The van der Waals surface area contributed by atoms with E-state index in [1.807, 2.05) is 30.3 Å². The van der Waals surface area contributed by atoms with E-state index in [1.54, 1.807) is 31.2 Å². The number of hydrogen-bond donors (Lipinski definition) is 2. The number of tetrazole rings is 1. The van der Waals surface area contributed by atoms with Crippen LogP contribution in [0.15, 0.2) is 54.6 Å². The Morgan fingerprint density at radius 1 is 0.962 bits per heavy atom. The van der Waals surface area contributed by atoms with Gasteiger partial charge in [0.1, 0.15) is 6.04 Å². The third-order valence-corrected chi connectivity index (χ3v) is 3.66. The fourth-order valence-electron chi connectivity index (χ4n) is 2.28. The van der Waals surface area contributed by atoms with Crippen molar-refractivity contribution in [3.8, 4) is 11.4 Å². The van der Waals surface area contributed by atoms with Gasteiger partial charge in [-0.25, -0.2) is 0 Å². The largest absolute Gasteiger partial charge is 0.326 e. The zero-order valence-electron chi connectivity index (χ0n) is 14.4. The van der Waals surface area contributed by atoms with Crippen LogP contribution in [0, 0.1) is 0 Å². The minimum atomic E-state index is -0.630. The summed E-state index contributed by atoms with van der Waals surface area (Å²) in [5.41, 5.74) is 2.10. The van der Waals surface area contributed by atoms with E-state index in [4.69, 9.17) is 0 Å². The Morgan fingerprint density at radius 3 is 2.19 bits per heavy atom. The van der Waals surface area contributed by atoms with Crippen LogP contribution >= 0.6 is 0 Å². The maximum absolute atomic E-state index is 12.4. The van der Waals surface area contributed by atoms with Gasteiger partial charge in [0.25, 0.3) is 5.91 Å². The van der Waals surface area contributed by atoms with Crippen molar-refractivity contribution in [3.63, 3.8) is 0 Å². The first-order valence-electron chi connectivity index (χ1n) is 8.06. The molecule has 0 bridgehead atoms. The lowest BCUT2D eigenvalue weighted by Crippen LogP contribution is -2.25. The van der Waals surface area contributed by atoms with E-state index in [9.17, 15) is 9.59 Å². The summed E-state index contributed by atoms with van der Waals surface area (Å²) in [6.45, 7) is 3.13.